The van der Waals surface area contributed by atoms with Gasteiger partial charge in [0.1, 0.15) is 11.0 Å². The number of amides is 1. The number of H-pyrrole nitrogens is 1. The van der Waals surface area contributed by atoms with E-state index in [0.29, 0.717) is 18.0 Å². The summed E-state index contributed by atoms with van der Waals surface area (Å²) in [6.45, 7) is 5.02. The molecule has 6 heteroatoms. The Hall–Kier alpha value is -1.95. The van der Waals surface area contributed by atoms with E-state index >= 15 is 0 Å². The molecule has 0 bridgehead atoms. The van der Waals surface area contributed by atoms with Crippen LogP contribution in [-0.4, -0.2) is 52.5 Å². The highest BCUT2D eigenvalue weighted by molar-refractivity contribution is 5.97. The highest BCUT2D eigenvalue weighted by Gasteiger charge is 2.22. The maximum absolute atomic E-state index is 12.6. The first-order valence-electron chi connectivity index (χ1n) is 6.95. The van der Waals surface area contributed by atoms with Gasteiger partial charge in [0, 0.05) is 31.2 Å². The van der Waals surface area contributed by atoms with Gasteiger partial charge >= 0.3 is 0 Å². The molecular weight excluding hydrogens is 256 g/mol. The third-order valence-electron chi connectivity index (χ3n) is 3.73. The first-order chi connectivity index (χ1) is 9.78. The molecule has 1 saturated heterocycles. The Bertz CT molecular complexity index is 604. The maximum atomic E-state index is 12.6. The molecule has 1 atom stereocenters. The van der Waals surface area contributed by atoms with E-state index in [2.05, 4.69) is 15.4 Å². The van der Waals surface area contributed by atoms with E-state index in [1.807, 2.05) is 17.9 Å². The molecule has 1 aromatic heterocycles. The van der Waals surface area contributed by atoms with Crippen LogP contribution in [0, 0.1) is 5.92 Å². The predicted octanol–water partition coefficient (Wildman–Crippen LogP) is 1.46. The zero-order chi connectivity index (χ0) is 13.9. The first-order valence-corrected chi connectivity index (χ1v) is 6.95. The molecule has 3 rings (SSSR count). The Morgan fingerprint density at radius 3 is 3.05 bits per heavy atom. The van der Waals surface area contributed by atoms with Crippen LogP contribution >= 0.6 is 0 Å². The lowest BCUT2D eigenvalue weighted by Gasteiger charge is -2.23. The summed E-state index contributed by atoms with van der Waals surface area (Å²) in [6, 6.07) is 5.41. The summed E-state index contributed by atoms with van der Waals surface area (Å²) >= 11 is 0. The molecule has 1 amide bonds. The van der Waals surface area contributed by atoms with Gasteiger partial charge in [0.2, 0.25) is 0 Å². The molecule has 0 spiro atoms. The van der Waals surface area contributed by atoms with Crippen molar-refractivity contribution in [2.24, 2.45) is 5.92 Å². The molecule has 106 valence electrons. The van der Waals surface area contributed by atoms with Crippen molar-refractivity contribution in [3.63, 3.8) is 0 Å². The average molecular weight is 274 g/mol. The highest BCUT2D eigenvalue weighted by Crippen LogP contribution is 2.17. The van der Waals surface area contributed by atoms with Gasteiger partial charge in [0.25, 0.3) is 5.91 Å². The molecule has 1 aromatic carbocycles. The monoisotopic (exact) mass is 274 g/mol. The Morgan fingerprint density at radius 1 is 1.45 bits per heavy atom. The summed E-state index contributed by atoms with van der Waals surface area (Å²) in [5.74, 6) is 0.499. The molecule has 6 nitrogen and oxygen atoms in total. The molecule has 0 radical (unpaired) electrons. The van der Waals surface area contributed by atoms with E-state index in [1.165, 1.54) is 0 Å². The number of ether oxygens (including phenoxy) is 1. The topological polar surface area (TPSA) is 71.1 Å². The van der Waals surface area contributed by atoms with Gasteiger partial charge in [-0.25, -0.2) is 0 Å². The molecule has 20 heavy (non-hydrogen) atoms. The van der Waals surface area contributed by atoms with E-state index in [1.54, 1.807) is 12.1 Å². The summed E-state index contributed by atoms with van der Waals surface area (Å²) in [7, 11) is 0. The van der Waals surface area contributed by atoms with Gasteiger partial charge in [-0.2, -0.15) is 15.4 Å². The Balaban J connectivity index is 1.77. The van der Waals surface area contributed by atoms with Crippen molar-refractivity contribution in [2.75, 3.05) is 26.3 Å². The Morgan fingerprint density at radius 2 is 2.30 bits per heavy atom. The molecule has 1 aliphatic rings. The van der Waals surface area contributed by atoms with E-state index in [-0.39, 0.29) is 5.91 Å². The van der Waals surface area contributed by atoms with Crippen LogP contribution in [0.2, 0.25) is 0 Å². The molecule has 2 aromatic rings. The molecule has 0 aliphatic carbocycles. The predicted molar refractivity (Wildman–Crippen MR) is 74.4 cm³/mol. The lowest BCUT2D eigenvalue weighted by Crippen LogP contribution is -2.35. The summed E-state index contributed by atoms with van der Waals surface area (Å²) < 4.78 is 5.37. The van der Waals surface area contributed by atoms with Crippen LogP contribution in [0.1, 0.15) is 23.7 Å². The van der Waals surface area contributed by atoms with E-state index in [4.69, 9.17) is 4.74 Å². The van der Waals surface area contributed by atoms with Gasteiger partial charge in [0.15, 0.2) is 0 Å². The largest absolute Gasteiger partial charge is 0.381 e. The number of aromatic nitrogens is 3. The second-order valence-electron chi connectivity index (χ2n) is 5.10. The van der Waals surface area contributed by atoms with Crippen molar-refractivity contribution in [3.8, 4) is 0 Å². The Labute approximate surface area is 117 Å². The van der Waals surface area contributed by atoms with Gasteiger partial charge in [-0.1, -0.05) is 0 Å². The number of carbonyl (C=O) groups excluding carboxylic acids is 1. The number of fused-ring (bicyclic) bond motifs is 1. The number of rotatable bonds is 4. The van der Waals surface area contributed by atoms with Crippen molar-refractivity contribution in [3.05, 3.63) is 23.8 Å². The second kappa shape index (κ2) is 5.58. The lowest BCUT2D eigenvalue weighted by atomic mass is 10.1. The van der Waals surface area contributed by atoms with Crippen LogP contribution in [0.3, 0.4) is 0 Å². The molecular formula is C14H18N4O2. The smallest absolute Gasteiger partial charge is 0.253 e. The summed E-state index contributed by atoms with van der Waals surface area (Å²) in [5.41, 5.74) is 2.15. The van der Waals surface area contributed by atoms with Crippen molar-refractivity contribution < 1.29 is 9.53 Å². The molecule has 1 aliphatic heterocycles. The van der Waals surface area contributed by atoms with Crippen LogP contribution in [-0.2, 0) is 4.74 Å². The number of nitrogens with zero attached hydrogens (tertiary/aromatic N) is 3. The summed E-state index contributed by atoms with van der Waals surface area (Å²) in [5, 5.41) is 10.6. The average Bonchev–Trinajstić information content (AvgIpc) is 3.14. The zero-order valence-electron chi connectivity index (χ0n) is 11.5. The standard InChI is InChI=1S/C14H18N4O2/c1-2-18(8-10-5-6-20-9-10)14(19)11-3-4-12-13(7-11)16-17-15-12/h3-4,7,10H,2,5-6,8-9H2,1H3,(H,15,16,17)/t10-/m1/s1. The van der Waals surface area contributed by atoms with Gasteiger partial charge in [0.05, 0.1) is 6.61 Å². The minimum Gasteiger partial charge on any atom is -0.381 e. The van der Waals surface area contributed by atoms with Crippen LogP contribution < -0.4 is 0 Å². The van der Waals surface area contributed by atoms with Crippen LogP contribution in [0.15, 0.2) is 18.2 Å². The number of carbonyl (C=O) groups is 1. The molecule has 0 unspecified atom stereocenters. The van der Waals surface area contributed by atoms with Crippen LogP contribution in [0.5, 0.6) is 0 Å². The molecule has 1 N–H and O–H groups in total. The summed E-state index contributed by atoms with van der Waals surface area (Å²) in [4.78, 5) is 14.4. The van der Waals surface area contributed by atoms with E-state index in [0.717, 1.165) is 37.2 Å². The van der Waals surface area contributed by atoms with E-state index in [9.17, 15) is 4.79 Å². The normalized spacial score (nSPS) is 18.6. The molecule has 2 heterocycles. The van der Waals surface area contributed by atoms with Crippen molar-refractivity contribution >= 4 is 16.9 Å². The molecule has 0 saturated carbocycles. The third-order valence-corrected chi connectivity index (χ3v) is 3.73. The summed E-state index contributed by atoms with van der Waals surface area (Å²) in [6.07, 6.45) is 1.03. The molecule has 1 fully saturated rings. The van der Waals surface area contributed by atoms with Gasteiger partial charge in [-0.05, 0) is 31.5 Å². The number of hydrogen-bond donors (Lipinski definition) is 1. The van der Waals surface area contributed by atoms with E-state index < -0.39 is 0 Å². The number of aromatic amines is 1. The Kier molecular flexibility index (Phi) is 3.64. The van der Waals surface area contributed by atoms with Crippen LogP contribution in [0.25, 0.3) is 11.0 Å². The van der Waals surface area contributed by atoms with Gasteiger partial charge < -0.3 is 9.64 Å². The quantitative estimate of drug-likeness (QED) is 0.916. The first kappa shape index (κ1) is 13.1. The van der Waals surface area contributed by atoms with Crippen molar-refractivity contribution in [1.82, 2.24) is 20.3 Å². The minimum absolute atomic E-state index is 0.0456. The fourth-order valence-electron chi connectivity index (χ4n) is 2.55. The fraction of sp³-hybridized carbons (Fsp3) is 0.500. The van der Waals surface area contributed by atoms with Gasteiger partial charge in [-0.15, -0.1) is 0 Å². The number of hydrogen-bond acceptors (Lipinski definition) is 4. The van der Waals surface area contributed by atoms with Gasteiger partial charge in [-0.3, -0.25) is 4.79 Å². The minimum atomic E-state index is 0.0456. The van der Waals surface area contributed by atoms with Crippen molar-refractivity contribution in [2.45, 2.75) is 13.3 Å². The number of nitrogens with one attached hydrogen (secondary N) is 1. The van der Waals surface area contributed by atoms with Crippen LogP contribution in [0.4, 0.5) is 0 Å². The third kappa shape index (κ3) is 2.51. The number of benzene rings is 1. The zero-order valence-corrected chi connectivity index (χ0v) is 11.5. The fourth-order valence-corrected chi connectivity index (χ4v) is 2.55. The van der Waals surface area contributed by atoms with Crippen molar-refractivity contribution in [1.29, 1.82) is 0 Å². The second-order valence-corrected chi connectivity index (χ2v) is 5.10. The SMILES string of the molecule is CCN(C[C@H]1CCOC1)C(=O)c1ccc2n[nH]nc2c1. The lowest BCUT2D eigenvalue weighted by molar-refractivity contribution is 0.0731. The maximum Gasteiger partial charge on any atom is 0.253 e. The highest BCUT2D eigenvalue weighted by atomic mass is 16.5.